The smallest absolute Gasteiger partial charge is 0.434 e. The lowest BCUT2D eigenvalue weighted by Gasteiger charge is -2.22. The zero-order valence-corrected chi connectivity index (χ0v) is 8.42. The van der Waals surface area contributed by atoms with E-state index in [2.05, 4.69) is 9.72 Å². The molecule has 18 heavy (non-hydrogen) atoms. The molecule has 1 rings (SSSR count). The Morgan fingerprint density at radius 1 is 1.11 bits per heavy atom. The van der Waals surface area contributed by atoms with Crippen molar-refractivity contribution in [2.75, 3.05) is 0 Å². The van der Waals surface area contributed by atoms with Gasteiger partial charge in [-0.15, -0.1) is 0 Å². The highest BCUT2D eigenvalue weighted by molar-refractivity contribution is 5.87. The first-order chi connectivity index (χ1) is 8.12. The van der Waals surface area contributed by atoms with Crippen LogP contribution in [0.3, 0.4) is 0 Å². The standard InChI is InChI=1S/C9H5F6NO2/c10-8(11,12)7(9(13,14)15)18-6(17)5-3-1-2-4-16-5/h1-4,7H. The highest BCUT2D eigenvalue weighted by Crippen LogP contribution is 2.35. The summed E-state index contributed by atoms with van der Waals surface area (Å²) < 4.78 is 75.9. The predicted octanol–water partition coefficient (Wildman–Crippen LogP) is 2.73. The van der Waals surface area contributed by atoms with Crippen LogP contribution in [-0.4, -0.2) is 29.4 Å². The molecule has 0 fully saturated rings. The van der Waals surface area contributed by atoms with Gasteiger partial charge in [0.25, 0.3) is 6.10 Å². The maximum Gasteiger partial charge on any atom is 0.434 e. The molecule has 0 bridgehead atoms. The summed E-state index contributed by atoms with van der Waals surface area (Å²) in [6, 6.07) is 3.49. The van der Waals surface area contributed by atoms with E-state index >= 15 is 0 Å². The van der Waals surface area contributed by atoms with Crippen molar-refractivity contribution >= 4 is 5.97 Å². The Labute approximate surface area is 96.4 Å². The summed E-state index contributed by atoms with van der Waals surface area (Å²) in [5.74, 6) is -1.80. The molecule has 1 aromatic rings. The predicted molar refractivity (Wildman–Crippen MR) is 45.6 cm³/mol. The average Bonchev–Trinajstić information content (AvgIpc) is 2.23. The number of hydrogen-bond donors (Lipinski definition) is 0. The zero-order chi connectivity index (χ0) is 14.0. The summed E-state index contributed by atoms with van der Waals surface area (Å²) in [4.78, 5) is 14.4. The van der Waals surface area contributed by atoms with Crippen LogP contribution in [-0.2, 0) is 4.74 Å². The first kappa shape index (κ1) is 14.3. The van der Waals surface area contributed by atoms with Gasteiger partial charge in [-0.05, 0) is 12.1 Å². The minimum Gasteiger partial charge on any atom is -0.438 e. The molecule has 3 nitrogen and oxygen atoms in total. The molecule has 0 aromatic carbocycles. The van der Waals surface area contributed by atoms with Gasteiger partial charge in [0.1, 0.15) is 5.69 Å². The largest absolute Gasteiger partial charge is 0.438 e. The number of aromatic nitrogens is 1. The van der Waals surface area contributed by atoms with Crippen LogP contribution in [0.25, 0.3) is 0 Å². The molecule has 100 valence electrons. The van der Waals surface area contributed by atoms with Crippen molar-refractivity contribution in [1.29, 1.82) is 0 Å². The van der Waals surface area contributed by atoms with E-state index in [0.29, 0.717) is 0 Å². The molecule has 0 saturated heterocycles. The Hall–Kier alpha value is -1.80. The van der Waals surface area contributed by atoms with E-state index < -0.39 is 30.1 Å². The van der Waals surface area contributed by atoms with E-state index in [1.54, 1.807) is 0 Å². The monoisotopic (exact) mass is 273 g/mol. The molecule has 0 amide bonds. The molecule has 0 radical (unpaired) electrons. The van der Waals surface area contributed by atoms with Gasteiger partial charge in [-0.3, -0.25) is 0 Å². The van der Waals surface area contributed by atoms with Crippen LogP contribution >= 0.6 is 0 Å². The number of nitrogens with zero attached hydrogens (tertiary/aromatic N) is 1. The number of carbonyl (C=O) groups is 1. The third-order valence-corrected chi connectivity index (χ3v) is 1.69. The van der Waals surface area contributed by atoms with E-state index in [9.17, 15) is 31.1 Å². The van der Waals surface area contributed by atoms with E-state index in [1.807, 2.05) is 0 Å². The number of alkyl halides is 6. The van der Waals surface area contributed by atoms with Crippen LogP contribution in [0.5, 0.6) is 0 Å². The second-order valence-electron chi connectivity index (χ2n) is 3.08. The highest BCUT2D eigenvalue weighted by atomic mass is 19.4. The normalized spacial score (nSPS) is 12.6. The fourth-order valence-electron chi connectivity index (χ4n) is 0.970. The second-order valence-corrected chi connectivity index (χ2v) is 3.08. The molecular weight excluding hydrogens is 268 g/mol. The molecular formula is C9H5F6NO2. The Morgan fingerprint density at radius 2 is 1.67 bits per heavy atom. The third kappa shape index (κ3) is 3.60. The van der Waals surface area contributed by atoms with Gasteiger partial charge in [-0.2, -0.15) is 26.3 Å². The maximum atomic E-state index is 12.1. The first-order valence-electron chi connectivity index (χ1n) is 4.38. The Kier molecular flexibility index (Phi) is 3.82. The van der Waals surface area contributed by atoms with Crippen molar-refractivity contribution < 1.29 is 35.9 Å². The maximum absolute atomic E-state index is 12.1. The Morgan fingerprint density at radius 3 is 2.06 bits per heavy atom. The number of hydrogen-bond acceptors (Lipinski definition) is 3. The van der Waals surface area contributed by atoms with E-state index in [0.717, 1.165) is 12.3 Å². The number of carbonyl (C=O) groups excluding carboxylic acids is 1. The van der Waals surface area contributed by atoms with Crippen LogP contribution in [0.15, 0.2) is 24.4 Å². The molecule has 0 N–H and O–H groups in total. The quantitative estimate of drug-likeness (QED) is 0.614. The van der Waals surface area contributed by atoms with Gasteiger partial charge < -0.3 is 4.74 Å². The number of pyridine rings is 1. The van der Waals surface area contributed by atoms with E-state index in [-0.39, 0.29) is 0 Å². The van der Waals surface area contributed by atoms with Gasteiger partial charge in [0.05, 0.1) is 0 Å². The summed E-state index contributed by atoms with van der Waals surface area (Å²) in [7, 11) is 0. The fraction of sp³-hybridized carbons (Fsp3) is 0.333. The molecule has 1 heterocycles. The molecule has 9 heteroatoms. The molecule has 1 aromatic heterocycles. The van der Waals surface area contributed by atoms with Gasteiger partial charge in [-0.25, -0.2) is 9.78 Å². The Bertz CT molecular complexity index is 399. The van der Waals surface area contributed by atoms with Crippen molar-refractivity contribution in [2.24, 2.45) is 0 Å². The van der Waals surface area contributed by atoms with E-state index in [1.165, 1.54) is 12.1 Å². The molecule has 0 aliphatic rings. The lowest BCUT2D eigenvalue weighted by atomic mass is 10.3. The highest BCUT2D eigenvalue weighted by Gasteiger charge is 2.60. The number of rotatable bonds is 2. The fourth-order valence-corrected chi connectivity index (χ4v) is 0.970. The summed E-state index contributed by atoms with van der Waals surface area (Å²) in [5.41, 5.74) is -0.643. The van der Waals surface area contributed by atoms with Crippen LogP contribution in [0.4, 0.5) is 26.3 Å². The summed E-state index contributed by atoms with van der Waals surface area (Å²) >= 11 is 0. The lowest BCUT2D eigenvalue weighted by Crippen LogP contribution is -2.45. The minimum atomic E-state index is -5.73. The van der Waals surface area contributed by atoms with Gasteiger partial charge in [0.2, 0.25) is 0 Å². The average molecular weight is 273 g/mol. The van der Waals surface area contributed by atoms with Gasteiger partial charge in [0.15, 0.2) is 0 Å². The molecule has 0 atom stereocenters. The molecule has 0 aliphatic heterocycles. The first-order valence-corrected chi connectivity index (χ1v) is 4.38. The second kappa shape index (κ2) is 4.83. The molecule has 0 spiro atoms. The summed E-state index contributed by atoms with van der Waals surface area (Å²) in [6.07, 6.45) is -14.6. The van der Waals surface area contributed by atoms with Crippen LogP contribution < -0.4 is 0 Å². The van der Waals surface area contributed by atoms with Crippen molar-refractivity contribution in [2.45, 2.75) is 18.5 Å². The number of halogens is 6. The van der Waals surface area contributed by atoms with Crippen molar-refractivity contribution in [3.63, 3.8) is 0 Å². The topological polar surface area (TPSA) is 39.2 Å². The minimum absolute atomic E-state index is 0.643. The van der Waals surface area contributed by atoms with Gasteiger partial charge in [-0.1, -0.05) is 6.07 Å². The molecule has 0 unspecified atom stereocenters. The summed E-state index contributed by atoms with van der Waals surface area (Å²) in [5, 5.41) is 0. The van der Waals surface area contributed by atoms with Gasteiger partial charge in [0, 0.05) is 6.20 Å². The van der Waals surface area contributed by atoms with Crippen molar-refractivity contribution in [3.05, 3.63) is 30.1 Å². The van der Waals surface area contributed by atoms with Crippen molar-refractivity contribution in [3.8, 4) is 0 Å². The van der Waals surface area contributed by atoms with Crippen LogP contribution in [0, 0.1) is 0 Å². The third-order valence-electron chi connectivity index (χ3n) is 1.69. The van der Waals surface area contributed by atoms with Crippen LogP contribution in [0.2, 0.25) is 0 Å². The SMILES string of the molecule is O=C(OC(C(F)(F)F)C(F)(F)F)c1ccccn1. The number of ether oxygens (including phenoxy) is 1. The summed E-state index contributed by atoms with van der Waals surface area (Å²) in [6.45, 7) is 0. The molecule has 0 saturated carbocycles. The number of esters is 1. The van der Waals surface area contributed by atoms with Crippen LogP contribution in [0.1, 0.15) is 10.5 Å². The zero-order valence-electron chi connectivity index (χ0n) is 8.42. The molecule has 0 aliphatic carbocycles. The lowest BCUT2D eigenvalue weighted by molar-refractivity contribution is -0.307. The Balaban J connectivity index is 2.90. The van der Waals surface area contributed by atoms with E-state index in [4.69, 9.17) is 0 Å². The van der Waals surface area contributed by atoms with Gasteiger partial charge >= 0.3 is 18.3 Å². The van der Waals surface area contributed by atoms with Crippen molar-refractivity contribution in [1.82, 2.24) is 4.98 Å².